The molecular formula is C15H14BrClFN. The van der Waals surface area contributed by atoms with Crippen LogP contribution in [0.1, 0.15) is 22.7 Å². The Bertz CT molecular complexity index is 601. The fourth-order valence-corrected chi connectivity index (χ4v) is 2.91. The lowest BCUT2D eigenvalue weighted by molar-refractivity contribution is 0.593. The van der Waals surface area contributed by atoms with Gasteiger partial charge in [0.2, 0.25) is 0 Å². The van der Waals surface area contributed by atoms with E-state index in [4.69, 9.17) is 17.3 Å². The lowest BCUT2D eigenvalue weighted by Gasteiger charge is -2.15. The van der Waals surface area contributed by atoms with Crippen LogP contribution >= 0.6 is 27.5 Å². The third-order valence-corrected chi connectivity index (χ3v) is 3.93. The van der Waals surface area contributed by atoms with Gasteiger partial charge in [-0.3, -0.25) is 0 Å². The van der Waals surface area contributed by atoms with Gasteiger partial charge in [-0.15, -0.1) is 0 Å². The maximum absolute atomic E-state index is 13.7. The first-order chi connectivity index (χ1) is 8.97. The van der Waals surface area contributed by atoms with E-state index in [1.807, 2.05) is 25.1 Å². The Balaban J connectivity index is 2.23. The molecule has 0 saturated heterocycles. The predicted molar refractivity (Wildman–Crippen MR) is 80.9 cm³/mol. The van der Waals surface area contributed by atoms with Crippen LogP contribution in [0.2, 0.25) is 5.02 Å². The van der Waals surface area contributed by atoms with E-state index in [0.717, 1.165) is 15.6 Å². The van der Waals surface area contributed by atoms with Crippen molar-refractivity contribution in [3.05, 3.63) is 68.4 Å². The SMILES string of the molecule is Cc1ccc(C(N)Cc2ccc(Cl)cc2F)c(Br)c1. The molecule has 0 aromatic heterocycles. The van der Waals surface area contributed by atoms with Gasteiger partial charge in [0.15, 0.2) is 0 Å². The fraction of sp³-hybridized carbons (Fsp3) is 0.200. The van der Waals surface area contributed by atoms with Crippen LogP contribution in [0.15, 0.2) is 40.9 Å². The molecule has 1 unspecified atom stereocenters. The zero-order valence-electron chi connectivity index (χ0n) is 10.5. The molecule has 0 heterocycles. The number of hydrogen-bond acceptors (Lipinski definition) is 1. The summed E-state index contributed by atoms with van der Waals surface area (Å²) in [6, 6.07) is 10.4. The molecule has 2 rings (SSSR count). The zero-order valence-corrected chi connectivity index (χ0v) is 12.8. The summed E-state index contributed by atoms with van der Waals surface area (Å²) in [5.74, 6) is -0.314. The molecular weight excluding hydrogens is 329 g/mol. The first kappa shape index (κ1) is 14.5. The third kappa shape index (κ3) is 3.56. The number of rotatable bonds is 3. The van der Waals surface area contributed by atoms with Gasteiger partial charge < -0.3 is 5.73 Å². The number of benzene rings is 2. The summed E-state index contributed by atoms with van der Waals surface area (Å²) in [7, 11) is 0. The normalized spacial score (nSPS) is 12.5. The van der Waals surface area contributed by atoms with Crippen LogP contribution in [0.4, 0.5) is 4.39 Å². The first-order valence-electron chi connectivity index (χ1n) is 5.93. The lowest BCUT2D eigenvalue weighted by Crippen LogP contribution is -2.14. The average molecular weight is 343 g/mol. The number of hydrogen-bond donors (Lipinski definition) is 1. The Labute approximate surface area is 125 Å². The van der Waals surface area contributed by atoms with Crippen LogP contribution in [0.5, 0.6) is 0 Å². The van der Waals surface area contributed by atoms with E-state index < -0.39 is 0 Å². The Kier molecular flexibility index (Phi) is 4.61. The van der Waals surface area contributed by atoms with Crippen LogP contribution in [0.25, 0.3) is 0 Å². The minimum Gasteiger partial charge on any atom is -0.324 e. The van der Waals surface area contributed by atoms with Crippen molar-refractivity contribution in [2.75, 3.05) is 0 Å². The molecule has 19 heavy (non-hydrogen) atoms. The van der Waals surface area contributed by atoms with E-state index >= 15 is 0 Å². The second kappa shape index (κ2) is 6.04. The van der Waals surface area contributed by atoms with Gasteiger partial charge in [-0.25, -0.2) is 4.39 Å². The smallest absolute Gasteiger partial charge is 0.127 e. The highest BCUT2D eigenvalue weighted by atomic mass is 79.9. The van der Waals surface area contributed by atoms with Crippen molar-refractivity contribution >= 4 is 27.5 Å². The van der Waals surface area contributed by atoms with Crippen LogP contribution in [-0.2, 0) is 6.42 Å². The van der Waals surface area contributed by atoms with Crippen molar-refractivity contribution < 1.29 is 4.39 Å². The van der Waals surface area contributed by atoms with Crippen molar-refractivity contribution in [3.8, 4) is 0 Å². The fourth-order valence-electron chi connectivity index (χ4n) is 1.97. The molecule has 2 aromatic carbocycles. The van der Waals surface area contributed by atoms with E-state index in [1.165, 1.54) is 6.07 Å². The van der Waals surface area contributed by atoms with Gasteiger partial charge in [-0.1, -0.05) is 45.7 Å². The highest BCUT2D eigenvalue weighted by molar-refractivity contribution is 9.10. The summed E-state index contributed by atoms with van der Waals surface area (Å²) < 4.78 is 14.7. The van der Waals surface area contributed by atoms with Crippen LogP contribution < -0.4 is 5.73 Å². The molecule has 1 nitrogen and oxygen atoms in total. The van der Waals surface area contributed by atoms with Gasteiger partial charge in [0, 0.05) is 15.5 Å². The maximum atomic E-state index is 13.7. The molecule has 4 heteroatoms. The highest BCUT2D eigenvalue weighted by Gasteiger charge is 2.13. The molecule has 0 aliphatic rings. The topological polar surface area (TPSA) is 26.0 Å². The quantitative estimate of drug-likeness (QED) is 0.852. The molecule has 0 aliphatic heterocycles. The van der Waals surface area contributed by atoms with Crippen LogP contribution in [0, 0.1) is 12.7 Å². The average Bonchev–Trinajstić information content (AvgIpc) is 2.32. The summed E-state index contributed by atoms with van der Waals surface area (Å²) in [6.45, 7) is 2.01. The third-order valence-electron chi connectivity index (χ3n) is 3.01. The second-order valence-corrected chi connectivity index (χ2v) is 5.86. The highest BCUT2D eigenvalue weighted by Crippen LogP contribution is 2.27. The minimum absolute atomic E-state index is 0.259. The summed E-state index contributed by atoms with van der Waals surface area (Å²) >= 11 is 9.23. The van der Waals surface area contributed by atoms with E-state index in [1.54, 1.807) is 12.1 Å². The Hall–Kier alpha value is -0.900. The van der Waals surface area contributed by atoms with E-state index in [-0.39, 0.29) is 11.9 Å². The molecule has 100 valence electrons. The van der Waals surface area contributed by atoms with E-state index in [2.05, 4.69) is 15.9 Å². The van der Waals surface area contributed by atoms with Crippen LogP contribution in [-0.4, -0.2) is 0 Å². The van der Waals surface area contributed by atoms with Gasteiger partial charge in [-0.05, 0) is 48.2 Å². The number of nitrogens with two attached hydrogens (primary N) is 1. The van der Waals surface area contributed by atoms with Crippen molar-refractivity contribution in [2.45, 2.75) is 19.4 Å². The largest absolute Gasteiger partial charge is 0.324 e. The minimum atomic E-state index is -0.314. The van der Waals surface area contributed by atoms with Gasteiger partial charge >= 0.3 is 0 Å². The molecule has 0 aliphatic carbocycles. The monoisotopic (exact) mass is 341 g/mol. The Morgan fingerprint density at radius 3 is 2.63 bits per heavy atom. The van der Waals surface area contributed by atoms with Crippen LogP contribution in [0.3, 0.4) is 0 Å². The Morgan fingerprint density at radius 1 is 1.26 bits per heavy atom. The molecule has 0 spiro atoms. The maximum Gasteiger partial charge on any atom is 0.127 e. The number of aryl methyl sites for hydroxylation is 1. The summed E-state index contributed by atoms with van der Waals surface area (Å²) in [4.78, 5) is 0. The standard InChI is InChI=1S/C15H14BrClFN/c1-9-2-5-12(13(16)6-9)15(19)7-10-3-4-11(17)8-14(10)18/h2-6,8,15H,7,19H2,1H3. The van der Waals surface area contributed by atoms with Gasteiger partial charge in [0.1, 0.15) is 5.82 Å². The molecule has 2 aromatic rings. The van der Waals surface area contributed by atoms with Gasteiger partial charge in [0.25, 0.3) is 0 Å². The summed E-state index contributed by atoms with van der Waals surface area (Å²) in [5, 5.41) is 0.395. The second-order valence-electron chi connectivity index (χ2n) is 4.57. The first-order valence-corrected chi connectivity index (χ1v) is 7.10. The molecule has 1 atom stereocenters. The van der Waals surface area contributed by atoms with E-state index in [0.29, 0.717) is 17.0 Å². The summed E-state index contributed by atoms with van der Waals surface area (Å²) in [6.07, 6.45) is 0.435. The molecule has 0 fully saturated rings. The van der Waals surface area contributed by atoms with Gasteiger partial charge in [-0.2, -0.15) is 0 Å². The van der Waals surface area contributed by atoms with Crippen molar-refractivity contribution in [2.24, 2.45) is 5.73 Å². The molecule has 0 saturated carbocycles. The molecule has 0 radical (unpaired) electrons. The van der Waals surface area contributed by atoms with Crippen molar-refractivity contribution in [1.29, 1.82) is 0 Å². The summed E-state index contributed by atoms with van der Waals surface area (Å²) in [5.41, 5.74) is 8.85. The molecule has 0 bridgehead atoms. The molecule has 2 N–H and O–H groups in total. The van der Waals surface area contributed by atoms with Crippen molar-refractivity contribution in [3.63, 3.8) is 0 Å². The zero-order chi connectivity index (χ0) is 14.0. The predicted octanol–water partition coefficient (Wildman–Crippen LogP) is 4.79. The molecule has 0 amide bonds. The number of halogens is 3. The van der Waals surface area contributed by atoms with E-state index in [9.17, 15) is 4.39 Å². The Morgan fingerprint density at radius 2 is 2.00 bits per heavy atom. The van der Waals surface area contributed by atoms with Crippen molar-refractivity contribution in [1.82, 2.24) is 0 Å². The van der Waals surface area contributed by atoms with Gasteiger partial charge in [0.05, 0.1) is 0 Å². The lowest BCUT2D eigenvalue weighted by atomic mass is 9.98.